The smallest absolute Gasteiger partial charge is 0.341 e. The van der Waals surface area contributed by atoms with E-state index in [4.69, 9.17) is 21.4 Å². The van der Waals surface area contributed by atoms with E-state index in [2.05, 4.69) is 6.92 Å². The Balaban J connectivity index is 2.98. The van der Waals surface area contributed by atoms with Crippen LogP contribution in [0.2, 0.25) is 5.02 Å². The SMILES string of the molecule is CC[C@@H](C)c1c(Cl)cccc1OCC(=O)O. The van der Waals surface area contributed by atoms with Gasteiger partial charge in [0.25, 0.3) is 0 Å². The van der Waals surface area contributed by atoms with E-state index in [9.17, 15) is 4.79 Å². The molecule has 16 heavy (non-hydrogen) atoms. The molecule has 0 aliphatic rings. The van der Waals surface area contributed by atoms with Crippen molar-refractivity contribution in [1.29, 1.82) is 0 Å². The van der Waals surface area contributed by atoms with Gasteiger partial charge in [0.05, 0.1) is 0 Å². The average Bonchev–Trinajstić information content (AvgIpc) is 2.25. The van der Waals surface area contributed by atoms with Crippen LogP contribution >= 0.6 is 11.6 Å². The Morgan fingerprint density at radius 3 is 2.81 bits per heavy atom. The lowest BCUT2D eigenvalue weighted by atomic mass is 9.97. The second-order valence-electron chi connectivity index (χ2n) is 3.64. The van der Waals surface area contributed by atoms with Gasteiger partial charge in [-0.15, -0.1) is 0 Å². The zero-order valence-electron chi connectivity index (χ0n) is 9.37. The molecule has 1 aromatic rings. The van der Waals surface area contributed by atoms with Crippen LogP contribution in [0.1, 0.15) is 31.7 Å². The Morgan fingerprint density at radius 1 is 1.56 bits per heavy atom. The van der Waals surface area contributed by atoms with Crippen LogP contribution in [0.15, 0.2) is 18.2 Å². The molecule has 0 unspecified atom stereocenters. The molecule has 0 spiro atoms. The molecule has 0 radical (unpaired) electrons. The van der Waals surface area contributed by atoms with E-state index >= 15 is 0 Å². The van der Waals surface area contributed by atoms with Gasteiger partial charge in [-0.05, 0) is 24.5 Å². The van der Waals surface area contributed by atoms with Gasteiger partial charge in [0, 0.05) is 10.6 Å². The molecule has 0 amide bonds. The molecule has 0 aliphatic heterocycles. The second kappa shape index (κ2) is 5.75. The van der Waals surface area contributed by atoms with Gasteiger partial charge in [0.15, 0.2) is 6.61 Å². The van der Waals surface area contributed by atoms with Crippen LogP contribution in [0.5, 0.6) is 5.75 Å². The average molecular weight is 243 g/mol. The summed E-state index contributed by atoms with van der Waals surface area (Å²) in [5, 5.41) is 9.20. The monoisotopic (exact) mass is 242 g/mol. The molecule has 3 nitrogen and oxygen atoms in total. The van der Waals surface area contributed by atoms with Crippen molar-refractivity contribution in [2.24, 2.45) is 0 Å². The summed E-state index contributed by atoms with van der Waals surface area (Å²) in [4.78, 5) is 10.5. The van der Waals surface area contributed by atoms with Crippen molar-refractivity contribution >= 4 is 17.6 Å². The van der Waals surface area contributed by atoms with Gasteiger partial charge in [-0.25, -0.2) is 4.79 Å². The zero-order chi connectivity index (χ0) is 12.1. The van der Waals surface area contributed by atoms with Crippen molar-refractivity contribution in [2.75, 3.05) is 6.61 Å². The minimum atomic E-state index is -0.991. The van der Waals surface area contributed by atoms with Gasteiger partial charge in [0.2, 0.25) is 0 Å². The summed E-state index contributed by atoms with van der Waals surface area (Å²) in [5.74, 6) is -0.183. The van der Waals surface area contributed by atoms with Crippen molar-refractivity contribution in [3.63, 3.8) is 0 Å². The molecule has 1 aromatic carbocycles. The number of hydrogen-bond acceptors (Lipinski definition) is 2. The number of aliphatic carboxylic acids is 1. The highest BCUT2D eigenvalue weighted by atomic mass is 35.5. The topological polar surface area (TPSA) is 46.5 Å². The Labute approximate surface area is 100.0 Å². The lowest BCUT2D eigenvalue weighted by molar-refractivity contribution is -0.139. The summed E-state index contributed by atoms with van der Waals surface area (Å²) < 4.78 is 5.22. The summed E-state index contributed by atoms with van der Waals surface area (Å²) in [6.45, 7) is 3.74. The molecule has 0 saturated carbocycles. The van der Waals surface area contributed by atoms with E-state index in [0.717, 1.165) is 12.0 Å². The number of hydrogen-bond donors (Lipinski definition) is 1. The van der Waals surface area contributed by atoms with Crippen LogP contribution < -0.4 is 4.74 Å². The highest BCUT2D eigenvalue weighted by Crippen LogP contribution is 2.34. The molecule has 0 saturated heterocycles. The van der Waals surface area contributed by atoms with Crippen molar-refractivity contribution < 1.29 is 14.6 Å². The molecule has 0 aliphatic carbocycles. The first-order valence-corrected chi connectivity index (χ1v) is 5.57. The second-order valence-corrected chi connectivity index (χ2v) is 4.05. The summed E-state index contributed by atoms with van der Waals surface area (Å²) in [5.41, 5.74) is 0.882. The van der Waals surface area contributed by atoms with Crippen molar-refractivity contribution in [3.05, 3.63) is 28.8 Å². The summed E-state index contributed by atoms with van der Waals surface area (Å²) in [7, 11) is 0. The van der Waals surface area contributed by atoms with Crippen LogP contribution in [-0.2, 0) is 4.79 Å². The first-order chi connectivity index (χ1) is 7.56. The van der Waals surface area contributed by atoms with Gasteiger partial charge in [0.1, 0.15) is 5.75 Å². The number of ether oxygens (including phenoxy) is 1. The third-order valence-electron chi connectivity index (χ3n) is 2.47. The highest BCUT2D eigenvalue weighted by molar-refractivity contribution is 6.31. The van der Waals surface area contributed by atoms with Crippen molar-refractivity contribution in [1.82, 2.24) is 0 Å². The normalized spacial score (nSPS) is 12.2. The molecule has 0 aromatic heterocycles. The van der Waals surface area contributed by atoms with E-state index in [0.29, 0.717) is 10.8 Å². The molecule has 0 heterocycles. The summed E-state index contributed by atoms with van der Waals surface area (Å²) in [6, 6.07) is 5.29. The minimum absolute atomic E-state index is 0.248. The third kappa shape index (κ3) is 3.14. The van der Waals surface area contributed by atoms with Crippen LogP contribution in [-0.4, -0.2) is 17.7 Å². The first-order valence-electron chi connectivity index (χ1n) is 5.19. The maximum Gasteiger partial charge on any atom is 0.341 e. The van der Waals surface area contributed by atoms with Gasteiger partial charge in [-0.1, -0.05) is 31.5 Å². The predicted molar refractivity (Wildman–Crippen MR) is 63.3 cm³/mol. The van der Waals surface area contributed by atoms with Gasteiger partial charge < -0.3 is 9.84 Å². The number of benzene rings is 1. The quantitative estimate of drug-likeness (QED) is 0.862. The van der Waals surface area contributed by atoms with E-state index in [1.807, 2.05) is 6.92 Å². The van der Waals surface area contributed by atoms with Gasteiger partial charge in [-0.3, -0.25) is 0 Å². The summed E-state index contributed by atoms with van der Waals surface area (Å²) >= 11 is 6.09. The Morgan fingerprint density at radius 2 is 2.25 bits per heavy atom. The fraction of sp³-hybridized carbons (Fsp3) is 0.417. The van der Waals surface area contributed by atoms with E-state index in [1.54, 1.807) is 18.2 Å². The molecule has 1 rings (SSSR count). The molecule has 0 fully saturated rings. The van der Waals surface area contributed by atoms with Crippen LogP contribution in [0, 0.1) is 0 Å². The number of rotatable bonds is 5. The Kier molecular flexibility index (Phi) is 4.62. The third-order valence-corrected chi connectivity index (χ3v) is 2.80. The number of carboxylic acid groups (broad SMARTS) is 1. The summed E-state index contributed by atoms with van der Waals surface area (Å²) in [6.07, 6.45) is 0.924. The standard InChI is InChI=1S/C12H15ClO3/c1-3-8(2)12-9(13)5-4-6-10(12)16-7-11(14)15/h4-6,8H,3,7H2,1-2H3,(H,14,15)/t8-/m1/s1. The lowest BCUT2D eigenvalue weighted by Crippen LogP contribution is -2.11. The van der Waals surface area contributed by atoms with E-state index < -0.39 is 5.97 Å². The predicted octanol–water partition coefficient (Wildman–Crippen LogP) is 3.32. The van der Waals surface area contributed by atoms with Gasteiger partial charge >= 0.3 is 5.97 Å². The van der Waals surface area contributed by atoms with E-state index in [-0.39, 0.29) is 12.5 Å². The maximum atomic E-state index is 10.5. The number of carbonyl (C=O) groups is 1. The van der Waals surface area contributed by atoms with Gasteiger partial charge in [-0.2, -0.15) is 0 Å². The lowest BCUT2D eigenvalue weighted by Gasteiger charge is -2.16. The highest BCUT2D eigenvalue weighted by Gasteiger charge is 2.14. The largest absolute Gasteiger partial charge is 0.482 e. The molecule has 88 valence electrons. The molecular weight excluding hydrogens is 228 g/mol. The Hall–Kier alpha value is -1.22. The maximum absolute atomic E-state index is 10.5. The first kappa shape index (κ1) is 12.8. The van der Waals surface area contributed by atoms with Crippen LogP contribution in [0.25, 0.3) is 0 Å². The molecule has 1 N–H and O–H groups in total. The van der Waals surface area contributed by atoms with E-state index in [1.165, 1.54) is 0 Å². The molecular formula is C12H15ClO3. The molecule has 4 heteroatoms. The van der Waals surface area contributed by atoms with Crippen molar-refractivity contribution in [2.45, 2.75) is 26.2 Å². The minimum Gasteiger partial charge on any atom is -0.482 e. The fourth-order valence-corrected chi connectivity index (χ4v) is 1.82. The number of carboxylic acids is 1. The fourth-order valence-electron chi connectivity index (χ4n) is 1.46. The van der Waals surface area contributed by atoms with Crippen molar-refractivity contribution in [3.8, 4) is 5.75 Å². The van der Waals surface area contributed by atoms with Crippen LogP contribution in [0.4, 0.5) is 0 Å². The Bertz CT molecular complexity index is 377. The number of halogens is 1. The zero-order valence-corrected chi connectivity index (χ0v) is 10.1. The molecule has 0 bridgehead atoms. The molecule has 1 atom stereocenters. The van der Waals surface area contributed by atoms with Crippen LogP contribution in [0.3, 0.4) is 0 Å².